The van der Waals surface area contributed by atoms with Gasteiger partial charge in [0, 0.05) is 33.4 Å². The molecule has 0 fully saturated rings. The van der Waals surface area contributed by atoms with Crippen molar-refractivity contribution in [3.05, 3.63) is 204 Å². The summed E-state index contributed by atoms with van der Waals surface area (Å²) >= 11 is 0. The van der Waals surface area contributed by atoms with E-state index in [0.717, 1.165) is 44.5 Å². The molecular weight excluding hydrogens is 655 g/mol. The van der Waals surface area contributed by atoms with Crippen molar-refractivity contribution in [3.63, 3.8) is 0 Å². The van der Waals surface area contributed by atoms with Crippen molar-refractivity contribution in [3.8, 4) is 22.3 Å². The molecule has 0 aliphatic carbocycles. The van der Waals surface area contributed by atoms with Gasteiger partial charge in [0.05, 0.1) is 0 Å². The van der Waals surface area contributed by atoms with Crippen LogP contribution in [0.5, 0.6) is 0 Å². The molecule has 2 heterocycles. The number of aromatic nitrogens is 1. The summed E-state index contributed by atoms with van der Waals surface area (Å²) < 4.78 is 0. The first-order valence-corrected chi connectivity index (χ1v) is 17.3. The number of hydrogen-bond acceptors (Lipinski definition) is 3. The fourth-order valence-electron chi connectivity index (χ4n) is 6.48. The summed E-state index contributed by atoms with van der Waals surface area (Å²) in [6.07, 6.45) is 0. The third-order valence-corrected chi connectivity index (χ3v) is 8.92. The van der Waals surface area contributed by atoms with Crippen molar-refractivity contribution in [1.29, 1.82) is 0 Å². The van der Waals surface area contributed by atoms with Gasteiger partial charge in [-0.1, -0.05) is 158 Å². The topological polar surface area (TPSA) is 98.7 Å². The normalized spacial score (nSPS) is 13.1. The molecule has 0 unspecified atom stereocenters. The minimum absolute atomic E-state index is 0.260. The van der Waals surface area contributed by atoms with Gasteiger partial charge in [0.25, 0.3) is 11.8 Å². The Balaban J connectivity index is 1.37. The molecule has 3 N–H and O–H groups in total. The van der Waals surface area contributed by atoms with E-state index in [1.807, 2.05) is 158 Å². The Morgan fingerprint density at radius 2 is 0.849 bits per heavy atom. The molecular formula is C46H33N5O2. The molecule has 7 heteroatoms. The third kappa shape index (κ3) is 6.87. The van der Waals surface area contributed by atoms with Crippen molar-refractivity contribution in [1.82, 2.24) is 10.3 Å². The minimum atomic E-state index is -0.284. The standard InChI is InChI=1S/C46H33N5O2/c52-45(35-27-15-5-16-28-35)50-43-39(33-23-11-3-12-24-33)37(31-19-7-1-8-20-31)41(48-43)47-42-38(32-21-9-2-10-22-32)40(34-25-13-4-14-26-34)44(49-42)51-46(53)36-29-17-6-18-30-36/h1-30,48H,(H,50,52)(H,47,49,51,53). The number of rotatable bonds is 8. The lowest BCUT2D eigenvalue weighted by Crippen LogP contribution is -2.30. The van der Waals surface area contributed by atoms with Crippen LogP contribution in [0.2, 0.25) is 0 Å². The molecule has 8 rings (SSSR count). The van der Waals surface area contributed by atoms with Crippen molar-refractivity contribution in [2.45, 2.75) is 0 Å². The first-order chi connectivity index (χ1) is 26.1. The number of anilines is 1. The molecule has 1 aromatic heterocycles. The van der Waals surface area contributed by atoms with Crippen LogP contribution in [-0.2, 0) is 0 Å². The number of benzene rings is 6. The Morgan fingerprint density at radius 3 is 1.34 bits per heavy atom. The smallest absolute Gasteiger partial charge is 0.256 e. The number of aromatic amines is 1. The molecule has 6 aromatic carbocycles. The Hall–Kier alpha value is -7.38. The number of amidine groups is 2. The third-order valence-electron chi connectivity index (χ3n) is 8.92. The van der Waals surface area contributed by atoms with Crippen LogP contribution in [0.15, 0.2) is 192 Å². The van der Waals surface area contributed by atoms with Gasteiger partial charge in [-0.25, -0.2) is 9.98 Å². The molecule has 0 saturated heterocycles. The zero-order valence-corrected chi connectivity index (χ0v) is 28.5. The Labute approximate surface area is 307 Å². The maximum Gasteiger partial charge on any atom is 0.256 e. The zero-order valence-electron chi connectivity index (χ0n) is 28.5. The lowest BCUT2D eigenvalue weighted by atomic mass is 9.94. The summed E-state index contributed by atoms with van der Waals surface area (Å²) in [6, 6.07) is 57.9. The molecule has 0 atom stereocenters. The van der Waals surface area contributed by atoms with Crippen LogP contribution in [0, 0.1) is 0 Å². The van der Waals surface area contributed by atoms with E-state index in [-0.39, 0.29) is 11.8 Å². The van der Waals surface area contributed by atoms with Crippen LogP contribution >= 0.6 is 0 Å². The Morgan fingerprint density at radius 1 is 0.453 bits per heavy atom. The van der Waals surface area contributed by atoms with Gasteiger partial charge in [0.1, 0.15) is 17.5 Å². The van der Waals surface area contributed by atoms with Crippen LogP contribution < -0.4 is 10.6 Å². The van der Waals surface area contributed by atoms with Gasteiger partial charge in [0.15, 0.2) is 5.84 Å². The van der Waals surface area contributed by atoms with E-state index in [2.05, 4.69) is 15.6 Å². The monoisotopic (exact) mass is 687 g/mol. The lowest BCUT2D eigenvalue weighted by Gasteiger charge is -2.12. The van der Waals surface area contributed by atoms with E-state index in [1.165, 1.54) is 0 Å². The predicted octanol–water partition coefficient (Wildman–Crippen LogP) is 10.1. The summed E-state index contributed by atoms with van der Waals surface area (Å²) in [7, 11) is 0. The molecule has 2 amide bonds. The molecule has 0 saturated carbocycles. The Kier molecular flexibility index (Phi) is 9.19. The molecule has 7 aromatic rings. The van der Waals surface area contributed by atoms with Crippen LogP contribution in [-0.4, -0.2) is 28.5 Å². The second-order valence-electron chi connectivity index (χ2n) is 12.3. The quantitative estimate of drug-likeness (QED) is 0.148. The first kappa shape index (κ1) is 32.8. The molecule has 0 spiro atoms. The highest BCUT2D eigenvalue weighted by molar-refractivity contribution is 6.51. The molecule has 1 aliphatic rings. The predicted molar refractivity (Wildman–Crippen MR) is 214 cm³/mol. The van der Waals surface area contributed by atoms with Crippen molar-refractivity contribution < 1.29 is 9.59 Å². The molecule has 0 radical (unpaired) electrons. The Bertz CT molecular complexity index is 2490. The van der Waals surface area contributed by atoms with Gasteiger partial charge in [-0.3, -0.25) is 9.59 Å². The number of hydrogen-bond donors (Lipinski definition) is 3. The number of amides is 2. The molecule has 254 valence electrons. The van der Waals surface area contributed by atoms with Gasteiger partial charge < -0.3 is 15.6 Å². The lowest BCUT2D eigenvalue weighted by molar-refractivity contribution is 0.0976. The van der Waals surface area contributed by atoms with Gasteiger partial charge in [-0.05, 0) is 46.5 Å². The van der Waals surface area contributed by atoms with E-state index >= 15 is 0 Å². The van der Waals surface area contributed by atoms with Crippen LogP contribution in [0.3, 0.4) is 0 Å². The molecule has 7 nitrogen and oxygen atoms in total. The van der Waals surface area contributed by atoms with Crippen molar-refractivity contribution in [2.24, 2.45) is 9.98 Å². The molecule has 0 bridgehead atoms. The van der Waals surface area contributed by atoms with Crippen molar-refractivity contribution >= 4 is 46.3 Å². The maximum atomic E-state index is 13.7. The highest BCUT2D eigenvalue weighted by Gasteiger charge is 2.31. The SMILES string of the molecule is O=C(NC1=NC(=Nc2[nH]c(NC(=O)c3ccccc3)c(-c3ccccc3)c2-c2ccccc2)C(c2ccccc2)=C1c1ccccc1)c1ccccc1. The highest BCUT2D eigenvalue weighted by Crippen LogP contribution is 2.46. The first-order valence-electron chi connectivity index (χ1n) is 17.3. The van der Waals surface area contributed by atoms with Gasteiger partial charge >= 0.3 is 0 Å². The summed E-state index contributed by atoms with van der Waals surface area (Å²) in [4.78, 5) is 41.2. The zero-order chi connectivity index (χ0) is 36.0. The van der Waals surface area contributed by atoms with Crippen LogP contribution in [0.25, 0.3) is 33.4 Å². The number of carbonyl (C=O) groups excluding carboxylic acids is 2. The minimum Gasteiger partial charge on any atom is -0.325 e. The van der Waals surface area contributed by atoms with E-state index in [9.17, 15) is 9.59 Å². The average molecular weight is 688 g/mol. The summed E-state index contributed by atoms with van der Waals surface area (Å²) in [5.74, 6) is 1.23. The summed E-state index contributed by atoms with van der Waals surface area (Å²) in [5.41, 5.74) is 7.66. The number of carbonyl (C=O) groups is 2. The fraction of sp³-hybridized carbons (Fsp3) is 0. The van der Waals surface area contributed by atoms with Gasteiger partial charge in [-0.2, -0.15) is 0 Å². The average Bonchev–Trinajstić information content (AvgIpc) is 3.76. The summed E-state index contributed by atoms with van der Waals surface area (Å²) in [6.45, 7) is 0. The molecule has 53 heavy (non-hydrogen) atoms. The highest BCUT2D eigenvalue weighted by atomic mass is 16.2. The number of aliphatic imine (C=N–C) groups is 2. The van der Waals surface area contributed by atoms with E-state index in [1.54, 1.807) is 24.3 Å². The van der Waals surface area contributed by atoms with Crippen LogP contribution in [0.1, 0.15) is 31.8 Å². The number of nitrogens with zero attached hydrogens (tertiary/aromatic N) is 2. The van der Waals surface area contributed by atoms with Crippen LogP contribution in [0.4, 0.5) is 11.6 Å². The largest absolute Gasteiger partial charge is 0.325 e. The van der Waals surface area contributed by atoms with Crippen molar-refractivity contribution in [2.75, 3.05) is 5.32 Å². The number of H-pyrrole nitrogens is 1. The van der Waals surface area contributed by atoms with E-state index in [0.29, 0.717) is 34.4 Å². The number of nitrogens with one attached hydrogen (secondary N) is 3. The summed E-state index contributed by atoms with van der Waals surface area (Å²) in [5, 5.41) is 6.24. The second kappa shape index (κ2) is 14.8. The molecule has 1 aliphatic heterocycles. The second-order valence-corrected chi connectivity index (χ2v) is 12.3. The van der Waals surface area contributed by atoms with E-state index in [4.69, 9.17) is 9.98 Å². The maximum absolute atomic E-state index is 13.7. The van der Waals surface area contributed by atoms with E-state index < -0.39 is 0 Å². The van der Waals surface area contributed by atoms with Gasteiger partial charge in [-0.15, -0.1) is 0 Å². The van der Waals surface area contributed by atoms with Gasteiger partial charge in [0.2, 0.25) is 0 Å². The fourth-order valence-corrected chi connectivity index (χ4v) is 6.48.